The number of hydrogen-bond acceptors (Lipinski definition) is 7. The van der Waals surface area contributed by atoms with E-state index in [2.05, 4.69) is 20.1 Å². The topological polar surface area (TPSA) is 96.8 Å². The van der Waals surface area contributed by atoms with Gasteiger partial charge in [0.1, 0.15) is 0 Å². The van der Waals surface area contributed by atoms with Gasteiger partial charge in [-0.05, 0) is 12.8 Å². The Labute approximate surface area is 115 Å². The van der Waals surface area contributed by atoms with Gasteiger partial charge in [-0.15, -0.1) is 5.06 Å². The highest BCUT2D eigenvalue weighted by atomic mass is 16.8. The first-order chi connectivity index (χ1) is 9.70. The van der Waals surface area contributed by atoms with Gasteiger partial charge >= 0.3 is 6.16 Å². The number of ether oxygens (including phenoxy) is 1. The number of nitrogens with one attached hydrogen (secondary N) is 1. The van der Waals surface area contributed by atoms with Gasteiger partial charge in [0.25, 0.3) is 0 Å². The molecule has 108 valence electrons. The molecule has 0 atom stereocenters. The van der Waals surface area contributed by atoms with Crippen molar-refractivity contribution < 1.29 is 19.5 Å². The van der Waals surface area contributed by atoms with E-state index in [1.165, 1.54) is 5.06 Å². The number of anilines is 1. The molecule has 0 aromatic carbocycles. The summed E-state index contributed by atoms with van der Waals surface area (Å²) in [5.74, 6) is 0.577. The summed E-state index contributed by atoms with van der Waals surface area (Å²) in [5.41, 5.74) is 1.69. The lowest BCUT2D eigenvalue weighted by Crippen LogP contribution is -2.28. The predicted molar refractivity (Wildman–Crippen MR) is 67.9 cm³/mol. The second kappa shape index (κ2) is 5.59. The summed E-state index contributed by atoms with van der Waals surface area (Å²) < 4.78 is 5.30. The standard InChI is InChI=1S/C12H16N4O4/c17-12(18)20-16-6-8-5-13-11(15-10(8)7-16)14-9-1-3-19-4-2-9/h5,9H,1-4,6-7H2,(H,17,18)(H,13,14,15). The Balaban J connectivity index is 1.64. The van der Waals surface area contributed by atoms with Crippen molar-refractivity contribution in [3.63, 3.8) is 0 Å². The number of hydrogen-bond donors (Lipinski definition) is 2. The third-order valence-corrected chi connectivity index (χ3v) is 3.39. The molecule has 2 aliphatic heterocycles. The van der Waals surface area contributed by atoms with Crippen LogP contribution in [0.25, 0.3) is 0 Å². The molecule has 3 heterocycles. The van der Waals surface area contributed by atoms with Gasteiger partial charge < -0.3 is 20.0 Å². The summed E-state index contributed by atoms with van der Waals surface area (Å²) in [6.07, 6.45) is 2.28. The first-order valence-corrected chi connectivity index (χ1v) is 6.55. The Kier molecular flexibility index (Phi) is 3.66. The smallest absolute Gasteiger partial charge is 0.448 e. The molecule has 1 aromatic rings. The van der Waals surface area contributed by atoms with Gasteiger partial charge in [0.2, 0.25) is 5.95 Å². The van der Waals surface area contributed by atoms with Gasteiger partial charge in [0, 0.05) is 31.0 Å². The van der Waals surface area contributed by atoms with Gasteiger partial charge in [-0.3, -0.25) is 0 Å². The van der Waals surface area contributed by atoms with Crippen LogP contribution in [0.3, 0.4) is 0 Å². The highest BCUT2D eigenvalue weighted by Gasteiger charge is 2.25. The third kappa shape index (κ3) is 2.97. The van der Waals surface area contributed by atoms with E-state index in [9.17, 15) is 4.79 Å². The molecule has 0 saturated carbocycles. The molecule has 0 aliphatic carbocycles. The van der Waals surface area contributed by atoms with Crippen molar-refractivity contribution in [3.05, 3.63) is 17.5 Å². The monoisotopic (exact) mass is 280 g/mol. The molecule has 0 amide bonds. The second-order valence-corrected chi connectivity index (χ2v) is 4.85. The van der Waals surface area contributed by atoms with Crippen LogP contribution in [-0.4, -0.2) is 45.5 Å². The molecular formula is C12H16N4O4. The fraction of sp³-hybridized carbons (Fsp3) is 0.583. The normalized spacial score (nSPS) is 19.6. The molecular weight excluding hydrogens is 264 g/mol. The van der Waals surface area contributed by atoms with Gasteiger partial charge in [-0.25, -0.2) is 14.8 Å². The lowest BCUT2D eigenvalue weighted by molar-refractivity contribution is -0.125. The first kappa shape index (κ1) is 13.1. The Morgan fingerprint density at radius 1 is 1.45 bits per heavy atom. The molecule has 8 heteroatoms. The van der Waals surface area contributed by atoms with Gasteiger partial charge in [-0.1, -0.05) is 0 Å². The van der Waals surface area contributed by atoms with Crippen LogP contribution in [0.5, 0.6) is 0 Å². The Morgan fingerprint density at radius 3 is 3.00 bits per heavy atom. The summed E-state index contributed by atoms with van der Waals surface area (Å²) in [7, 11) is 0. The van der Waals surface area contributed by atoms with Crippen LogP contribution in [0.2, 0.25) is 0 Å². The van der Waals surface area contributed by atoms with Crippen LogP contribution in [0, 0.1) is 0 Å². The molecule has 2 aliphatic rings. The van der Waals surface area contributed by atoms with Crippen LogP contribution >= 0.6 is 0 Å². The van der Waals surface area contributed by atoms with Gasteiger partial charge in [0.05, 0.1) is 18.8 Å². The van der Waals surface area contributed by atoms with E-state index in [1.54, 1.807) is 6.20 Å². The van der Waals surface area contributed by atoms with Gasteiger partial charge in [-0.2, -0.15) is 0 Å². The fourth-order valence-corrected chi connectivity index (χ4v) is 2.39. The molecule has 0 radical (unpaired) electrons. The number of fused-ring (bicyclic) bond motifs is 1. The average molecular weight is 280 g/mol. The number of rotatable bonds is 3. The molecule has 2 N–H and O–H groups in total. The predicted octanol–water partition coefficient (Wildman–Crippen LogP) is 0.993. The maximum Gasteiger partial charge on any atom is 0.525 e. The zero-order valence-electron chi connectivity index (χ0n) is 10.9. The minimum absolute atomic E-state index is 0.328. The van der Waals surface area contributed by atoms with Crippen LogP contribution < -0.4 is 5.32 Å². The second-order valence-electron chi connectivity index (χ2n) is 4.85. The lowest BCUT2D eigenvalue weighted by Gasteiger charge is -2.23. The van der Waals surface area contributed by atoms with E-state index in [4.69, 9.17) is 9.84 Å². The zero-order valence-corrected chi connectivity index (χ0v) is 10.9. The molecule has 1 saturated heterocycles. The van der Waals surface area contributed by atoms with E-state index < -0.39 is 6.16 Å². The average Bonchev–Trinajstić information content (AvgIpc) is 2.80. The maximum atomic E-state index is 10.5. The molecule has 1 aromatic heterocycles. The minimum atomic E-state index is -1.31. The molecule has 0 spiro atoms. The zero-order chi connectivity index (χ0) is 13.9. The quantitative estimate of drug-likeness (QED) is 0.846. The van der Waals surface area contributed by atoms with E-state index in [-0.39, 0.29) is 0 Å². The number of carbonyl (C=O) groups is 1. The number of aromatic nitrogens is 2. The Bertz CT molecular complexity index is 504. The molecule has 8 nitrogen and oxygen atoms in total. The summed E-state index contributed by atoms with van der Waals surface area (Å²) in [5, 5.41) is 13.2. The largest absolute Gasteiger partial charge is 0.525 e. The van der Waals surface area contributed by atoms with Crippen molar-refractivity contribution in [1.82, 2.24) is 15.0 Å². The van der Waals surface area contributed by atoms with Crippen molar-refractivity contribution in [2.75, 3.05) is 18.5 Å². The van der Waals surface area contributed by atoms with E-state index >= 15 is 0 Å². The van der Waals surface area contributed by atoms with Crippen LogP contribution in [0.1, 0.15) is 24.1 Å². The molecule has 20 heavy (non-hydrogen) atoms. The molecule has 0 unspecified atom stereocenters. The number of nitrogens with zero attached hydrogens (tertiary/aromatic N) is 3. The third-order valence-electron chi connectivity index (χ3n) is 3.39. The van der Waals surface area contributed by atoms with E-state index in [1.807, 2.05) is 0 Å². The van der Waals surface area contributed by atoms with Crippen molar-refractivity contribution >= 4 is 12.1 Å². The van der Waals surface area contributed by atoms with Crippen molar-refractivity contribution in [3.8, 4) is 0 Å². The minimum Gasteiger partial charge on any atom is -0.448 e. The first-order valence-electron chi connectivity index (χ1n) is 6.55. The SMILES string of the molecule is O=C(O)ON1Cc2cnc(NC3CCOCC3)nc2C1. The van der Waals surface area contributed by atoms with E-state index in [0.717, 1.165) is 37.3 Å². The number of hydroxylamine groups is 2. The van der Waals surface area contributed by atoms with E-state index in [0.29, 0.717) is 25.1 Å². The fourth-order valence-electron chi connectivity index (χ4n) is 2.39. The maximum absolute atomic E-state index is 10.5. The van der Waals surface area contributed by atoms with Crippen molar-refractivity contribution in [2.45, 2.75) is 32.0 Å². The Morgan fingerprint density at radius 2 is 2.25 bits per heavy atom. The Hall–Kier alpha value is -1.93. The summed E-state index contributed by atoms with van der Waals surface area (Å²) in [4.78, 5) is 23.8. The highest BCUT2D eigenvalue weighted by molar-refractivity contribution is 5.56. The lowest BCUT2D eigenvalue weighted by atomic mass is 10.1. The van der Waals surface area contributed by atoms with Crippen molar-refractivity contribution in [1.29, 1.82) is 0 Å². The van der Waals surface area contributed by atoms with Crippen LogP contribution in [0.4, 0.5) is 10.7 Å². The van der Waals surface area contributed by atoms with Crippen molar-refractivity contribution in [2.24, 2.45) is 0 Å². The molecule has 1 fully saturated rings. The molecule has 3 rings (SSSR count). The summed E-state index contributed by atoms with van der Waals surface area (Å²) in [6, 6.07) is 0.328. The van der Waals surface area contributed by atoms with Gasteiger partial charge in [0.15, 0.2) is 0 Å². The number of carboxylic acid groups (broad SMARTS) is 1. The molecule has 0 bridgehead atoms. The summed E-state index contributed by atoms with van der Waals surface area (Å²) >= 11 is 0. The highest BCUT2D eigenvalue weighted by Crippen LogP contribution is 2.22. The van der Waals surface area contributed by atoms with Crippen LogP contribution in [-0.2, 0) is 22.7 Å². The summed E-state index contributed by atoms with van der Waals surface area (Å²) in [6.45, 7) is 2.25. The van der Waals surface area contributed by atoms with Crippen LogP contribution in [0.15, 0.2) is 6.20 Å².